The van der Waals surface area contributed by atoms with Gasteiger partial charge >= 0.3 is 0 Å². The Bertz CT molecular complexity index is 181. The maximum atomic E-state index is 9.90. The SMILES string of the molecule is C#C/C=C(/CNCC=O)SC. The van der Waals surface area contributed by atoms with Crippen LogP contribution in [0, 0.1) is 12.3 Å². The summed E-state index contributed by atoms with van der Waals surface area (Å²) in [6.45, 7) is 1.05. The van der Waals surface area contributed by atoms with Crippen molar-refractivity contribution < 1.29 is 4.79 Å². The molecular formula is C8H11NOS. The third-order valence-electron chi connectivity index (χ3n) is 1.03. The molecule has 0 aliphatic carbocycles. The zero-order valence-corrected chi connectivity index (χ0v) is 7.28. The Kier molecular flexibility index (Phi) is 6.90. The van der Waals surface area contributed by atoms with Crippen LogP contribution in [0.1, 0.15) is 0 Å². The van der Waals surface area contributed by atoms with Gasteiger partial charge in [-0.2, -0.15) is 0 Å². The largest absolute Gasteiger partial charge is 0.306 e. The van der Waals surface area contributed by atoms with E-state index in [1.165, 1.54) is 0 Å². The third kappa shape index (κ3) is 5.71. The molecule has 0 spiro atoms. The second-order valence-corrected chi connectivity index (χ2v) is 2.71. The lowest BCUT2D eigenvalue weighted by Gasteiger charge is -2.00. The van der Waals surface area contributed by atoms with Gasteiger partial charge in [-0.05, 0) is 12.3 Å². The number of hydrogen-bond donors (Lipinski definition) is 1. The van der Waals surface area contributed by atoms with E-state index in [9.17, 15) is 4.79 Å². The molecule has 0 unspecified atom stereocenters. The van der Waals surface area contributed by atoms with Gasteiger partial charge in [-0.25, -0.2) is 0 Å². The average Bonchev–Trinajstić information content (AvgIpc) is 2.03. The van der Waals surface area contributed by atoms with Crippen molar-refractivity contribution in [2.24, 2.45) is 0 Å². The average molecular weight is 169 g/mol. The van der Waals surface area contributed by atoms with Crippen molar-refractivity contribution in [3.05, 3.63) is 11.0 Å². The number of aldehydes is 1. The van der Waals surface area contributed by atoms with Crippen LogP contribution in [-0.4, -0.2) is 25.6 Å². The zero-order chi connectivity index (χ0) is 8.53. The molecule has 0 aromatic rings. The highest BCUT2D eigenvalue weighted by Gasteiger charge is 1.91. The van der Waals surface area contributed by atoms with Gasteiger partial charge in [-0.1, -0.05) is 5.92 Å². The number of carbonyl (C=O) groups excluding carboxylic acids is 1. The number of thioether (sulfide) groups is 1. The van der Waals surface area contributed by atoms with Crippen LogP contribution in [0.25, 0.3) is 0 Å². The van der Waals surface area contributed by atoms with Crippen molar-refractivity contribution in [1.29, 1.82) is 0 Å². The normalized spacial score (nSPS) is 10.7. The van der Waals surface area contributed by atoms with Crippen LogP contribution in [0.15, 0.2) is 11.0 Å². The lowest BCUT2D eigenvalue weighted by molar-refractivity contribution is -0.107. The van der Waals surface area contributed by atoms with Crippen LogP contribution < -0.4 is 5.32 Å². The first-order valence-corrected chi connectivity index (χ1v) is 4.41. The molecule has 60 valence electrons. The Hall–Kier alpha value is -0.720. The van der Waals surface area contributed by atoms with E-state index >= 15 is 0 Å². The van der Waals surface area contributed by atoms with E-state index in [0.29, 0.717) is 13.1 Å². The predicted octanol–water partition coefficient (Wildman–Crippen LogP) is 0.655. The van der Waals surface area contributed by atoms with Gasteiger partial charge in [0.25, 0.3) is 0 Å². The molecule has 0 fully saturated rings. The van der Waals surface area contributed by atoms with Gasteiger partial charge in [0.05, 0.1) is 6.54 Å². The molecule has 11 heavy (non-hydrogen) atoms. The van der Waals surface area contributed by atoms with Gasteiger partial charge in [0.2, 0.25) is 0 Å². The van der Waals surface area contributed by atoms with E-state index in [0.717, 1.165) is 11.2 Å². The van der Waals surface area contributed by atoms with Crippen LogP contribution in [0.4, 0.5) is 0 Å². The summed E-state index contributed by atoms with van der Waals surface area (Å²) in [5.41, 5.74) is 0. The first-order chi connectivity index (χ1) is 5.35. The van der Waals surface area contributed by atoms with Crippen molar-refractivity contribution in [3.63, 3.8) is 0 Å². The molecule has 0 heterocycles. The first-order valence-electron chi connectivity index (χ1n) is 3.18. The molecule has 0 saturated heterocycles. The van der Waals surface area contributed by atoms with Crippen LogP contribution >= 0.6 is 11.8 Å². The maximum absolute atomic E-state index is 9.90. The Morgan fingerprint density at radius 2 is 2.55 bits per heavy atom. The Morgan fingerprint density at radius 3 is 3.00 bits per heavy atom. The van der Waals surface area contributed by atoms with Crippen LogP contribution in [0.2, 0.25) is 0 Å². The predicted molar refractivity (Wildman–Crippen MR) is 49.4 cm³/mol. The molecule has 0 saturated carbocycles. The monoisotopic (exact) mass is 169 g/mol. The van der Waals surface area contributed by atoms with Gasteiger partial charge in [-0.15, -0.1) is 18.2 Å². The lowest BCUT2D eigenvalue weighted by atomic mass is 10.5. The number of carbonyl (C=O) groups is 1. The molecule has 0 amide bonds. The van der Waals surface area contributed by atoms with Crippen molar-refractivity contribution in [1.82, 2.24) is 5.32 Å². The summed E-state index contributed by atoms with van der Waals surface area (Å²) in [5.74, 6) is 2.43. The van der Waals surface area contributed by atoms with E-state index in [2.05, 4.69) is 11.2 Å². The molecular weight excluding hydrogens is 158 g/mol. The molecule has 0 aromatic carbocycles. The van der Waals surface area contributed by atoms with E-state index in [4.69, 9.17) is 6.42 Å². The molecule has 2 nitrogen and oxygen atoms in total. The van der Waals surface area contributed by atoms with Gasteiger partial charge in [0.1, 0.15) is 6.29 Å². The van der Waals surface area contributed by atoms with Crippen molar-refractivity contribution in [2.75, 3.05) is 19.3 Å². The van der Waals surface area contributed by atoms with E-state index in [1.54, 1.807) is 17.8 Å². The summed E-state index contributed by atoms with van der Waals surface area (Å²) in [4.78, 5) is 11.0. The number of terminal acetylenes is 1. The molecule has 3 heteroatoms. The quantitative estimate of drug-likeness (QED) is 0.372. The molecule has 0 aromatic heterocycles. The summed E-state index contributed by atoms with van der Waals surface area (Å²) < 4.78 is 0. The number of nitrogens with one attached hydrogen (secondary N) is 1. The van der Waals surface area contributed by atoms with Gasteiger partial charge in [0, 0.05) is 11.4 Å². The highest BCUT2D eigenvalue weighted by atomic mass is 32.2. The van der Waals surface area contributed by atoms with Gasteiger partial charge in [-0.3, -0.25) is 0 Å². The summed E-state index contributed by atoms with van der Waals surface area (Å²) in [5, 5.41) is 2.92. The van der Waals surface area contributed by atoms with Crippen molar-refractivity contribution in [2.45, 2.75) is 0 Å². The Morgan fingerprint density at radius 1 is 1.82 bits per heavy atom. The fourth-order valence-electron chi connectivity index (χ4n) is 0.529. The zero-order valence-electron chi connectivity index (χ0n) is 6.46. The smallest absolute Gasteiger partial charge is 0.133 e. The number of hydrogen-bond acceptors (Lipinski definition) is 3. The molecule has 0 aliphatic rings. The van der Waals surface area contributed by atoms with Crippen LogP contribution in [-0.2, 0) is 4.79 Å². The van der Waals surface area contributed by atoms with E-state index < -0.39 is 0 Å². The minimum absolute atomic E-state index is 0.377. The van der Waals surface area contributed by atoms with Crippen molar-refractivity contribution in [3.8, 4) is 12.3 Å². The molecule has 0 radical (unpaired) electrons. The standard InChI is InChI=1S/C8H11NOS/c1-3-4-8(11-2)7-9-5-6-10/h1,4,6,9H,5,7H2,2H3/b8-4-. The van der Waals surface area contributed by atoms with Gasteiger partial charge in [0.15, 0.2) is 0 Å². The second-order valence-electron chi connectivity index (χ2n) is 1.78. The first kappa shape index (κ1) is 10.3. The fourth-order valence-corrected chi connectivity index (χ4v) is 0.962. The molecule has 0 rings (SSSR count). The minimum Gasteiger partial charge on any atom is -0.306 e. The maximum Gasteiger partial charge on any atom is 0.133 e. The van der Waals surface area contributed by atoms with E-state index in [1.807, 2.05) is 6.26 Å². The van der Waals surface area contributed by atoms with Crippen molar-refractivity contribution >= 4 is 18.0 Å². The topological polar surface area (TPSA) is 29.1 Å². The number of allylic oxidation sites excluding steroid dienone is 1. The third-order valence-corrected chi connectivity index (χ3v) is 1.82. The molecule has 1 N–H and O–H groups in total. The van der Waals surface area contributed by atoms with Crippen LogP contribution in [0.5, 0.6) is 0 Å². The number of rotatable bonds is 5. The van der Waals surface area contributed by atoms with Gasteiger partial charge < -0.3 is 10.1 Å². The molecule has 0 bridgehead atoms. The minimum atomic E-state index is 0.377. The highest BCUT2D eigenvalue weighted by Crippen LogP contribution is 2.08. The lowest BCUT2D eigenvalue weighted by Crippen LogP contribution is -2.18. The fraction of sp³-hybridized carbons (Fsp3) is 0.375. The summed E-state index contributed by atoms with van der Waals surface area (Å²) in [6, 6.07) is 0. The molecule has 0 atom stereocenters. The Balaban J connectivity index is 3.63. The summed E-state index contributed by atoms with van der Waals surface area (Å²) >= 11 is 1.59. The summed E-state index contributed by atoms with van der Waals surface area (Å²) in [7, 11) is 0. The Labute approximate surface area is 71.4 Å². The summed E-state index contributed by atoms with van der Waals surface area (Å²) in [6.07, 6.45) is 9.55. The van der Waals surface area contributed by atoms with Crippen LogP contribution in [0.3, 0.4) is 0 Å². The highest BCUT2D eigenvalue weighted by molar-refractivity contribution is 8.02. The molecule has 0 aliphatic heterocycles. The van der Waals surface area contributed by atoms with E-state index in [-0.39, 0.29) is 0 Å². The second kappa shape index (κ2) is 7.39.